The van der Waals surface area contributed by atoms with Crippen molar-refractivity contribution in [3.05, 3.63) is 83.9 Å². The first-order chi connectivity index (χ1) is 8.70. The van der Waals surface area contributed by atoms with Gasteiger partial charge in [0.25, 0.3) is 0 Å². The molecule has 0 N–H and O–H groups in total. The van der Waals surface area contributed by atoms with E-state index in [2.05, 4.69) is 6.58 Å². The zero-order valence-corrected chi connectivity index (χ0v) is 10.5. The van der Waals surface area contributed by atoms with Gasteiger partial charge in [0.2, 0.25) is 0 Å². The van der Waals surface area contributed by atoms with E-state index in [9.17, 15) is 4.79 Å². The molecule has 0 saturated heterocycles. The Labute approximate surface area is 108 Å². The SMILES string of the molecule is C=C(C(=O)c1ccccc1)[C@H](C)c1ccccc1. The first kappa shape index (κ1) is 12.3. The summed E-state index contributed by atoms with van der Waals surface area (Å²) in [4.78, 5) is 12.3. The van der Waals surface area contributed by atoms with Gasteiger partial charge in [-0.05, 0) is 5.56 Å². The zero-order chi connectivity index (χ0) is 13.0. The number of Topliss-reactive ketones (excluding diaryl/α,β-unsaturated/α-hetero) is 1. The molecule has 0 fully saturated rings. The van der Waals surface area contributed by atoms with Crippen molar-refractivity contribution in [2.45, 2.75) is 12.8 Å². The highest BCUT2D eigenvalue weighted by atomic mass is 16.1. The van der Waals surface area contributed by atoms with Crippen LogP contribution < -0.4 is 0 Å². The van der Waals surface area contributed by atoms with Crippen LogP contribution in [0.15, 0.2) is 72.8 Å². The Morgan fingerprint density at radius 2 is 1.44 bits per heavy atom. The molecule has 0 heterocycles. The van der Waals surface area contributed by atoms with Crippen LogP contribution in [0.5, 0.6) is 0 Å². The van der Waals surface area contributed by atoms with Gasteiger partial charge in [0.05, 0.1) is 0 Å². The number of hydrogen-bond donors (Lipinski definition) is 0. The van der Waals surface area contributed by atoms with Gasteiger partial charge in [-0.3, -0.25) is 4.79 Å². The summed E-state index contributed by atoms with van der Waals surface area (Å²) in [6, 6.07) is 19.3. The van der Waals surface area contributed by atoms with Crippen molar-refractivity contribution in [1.29, 1.82) is 0 Å². The lowest BCUT2D eigenvalue weighted by Crippen LogP contribution is -2.08. The Bertz CT molecular complexity index is 540. The van der Waals surface area contributed by atoms with E-state index in [1.165, 1.54) is 0 Å². The minimum absolute atomic E-state index is 0.0203. The summed E-state index contributed by atoms with van der Waals surface area (Å²) in [5.74, 6) is 0.0610. The summed E-state index contributed by atoms with van der Waals surface area (Å²) < 4.78 is 0. The molecule has 1 nitrogen and oxygen atoms in total. The largest absolute Gasteiger partial charge is 0.289 e. The molecule has 0 spiro atoms. The third-order valence-corrected chi connectivity index (χ3v) is 3.15. The molecule has 0 unspecified atom stereocenters. The van der Waals surface area contributed by atoms with Gasteiger partial charge >= 0.3 is 0 Å². The van der Waals surface area contributed by atoms with Crippen molar-refractivity contribution in [2.24, 2.45) is 0 Å². The van der Waals surface area contributed by atoms with Crippen molar-refractivity contribution in [3.8, 4) is 0 Å². The quantitative estimate of drug-likeness (QED) is 0.573. The number of carbonyl (C=O) groups excluding carboxylic acids is 1. The molecule has 0 amide bonds. The number of hydrogen-bond acceptors (Lipinski definition) is 1. The smallest absolute Gasteiger partial charge is 0.189 e. The van der Waals surface area contributed by atoms with Crippen LogP contribution in [0, 0.1) is 0 Å². The molecule has 0 bridgehead atoms. The number of carbonyl (C=O) groups is 1. The van der Waals surface area contributed by atoms with Crippen molar-refractivity contribution in [2.75, 3.05) is 0 Å². The molecule has 0 aliphatic heterocycles. The van der Waals surface area contributed by atoms with E-state index in [1.807, 2.05) is 67.6 Å². The Kier molecular flexibility index (Phi) is 3.73. The Morgan fingerprint density at radius 1 is 0.944 bits per heavy atom. The molecule has 1 atom stereocenters. The van der Waals surface area contributed by atoms with E-state index < -0.39 is 0 Å². The third kappa shape index (κ3) is 2.57. The summed E-state index contributed by atoms with van der Waals surface area (Å²) >= 11 is 0. The van der Waals surface area contributed by atoms with E-state index in [0.29, 0.717) is 11.1 Å². The molecule has 2 rings (SSSR count). The second-order valence-electron chi connectivity index (χ2n) is 4.35. The number of benzene rings is 2. The highest BCUT2D eigenvalue weighted by Crippen LogP contribution is 2.25. The van der Waals surface area contributed by atoms with Crippen LogP contribution in [0.3, 0.4) is 0 Å². The van der Waals surface area contributed by atoms with Crippen LogP contribution in [-0.4, -0.2) is 5.78 Å². The molecule has 0 saturated carbocycles. The number of ketones is 1. The van der Waals surface area contributed by atoms with Crippen molar-refractivity contribution >= 4 is 5.78 Å². The van der Waals surface area contributed by atoms with Gasteiger partial charge in [-0.25, -0.2) is 0 Å². The Morgan fingerprint density at radius 3 is 2.00 bits per heavy atom. The highest BCUT2D eigenvalue weighted by molar-refractivity contribution is 6.09. The van der Waals surface area contributed by atoms with Crippen LogP contribution in [0.1, 0.15) is 28.8 Å². The summed E-state index contributed by atoms with van der Waals surface area (Å²) in [7, 11) is 0. The van der Waals surface area contributed by atoms with E-state index >= 15 is 0 Å². The average Bonchev–Trinajstić information content (AvgIpc) is 2.47. The topological polar surface area (TPSA) is 17.1 Å². The maximum Gasteiger partial charge on any atom is 0.189 e. The fourth-order valence-electron chi connectivity index (χ4n) is 1.91. The Hall–Kier alpha value is -2.15. The minimum Gasteiger partial charge on any atom is -0.289 e. The molecule has 90 valence electrons. The second kappa shape index (κ2) is 5.46. The highest BCUT2D eigenvalue weighted by Gasteiger charge is 2.17. The minimum atomic E-state index is 0.0203. The van der Waals surface area contributed by atoms with E-state index in [4.69, 9.17) is 0 Å². The van der Waals surface area contributed by atoms with Crippen LogP contribution in [0.2, 0.25) is 0 Å². The lowest BCUT2D eigenvalue weighted by Gasteiger charge is -2.14. The lowest BCUT2D eigenvalue weighted by molar-refractivity contribution is 0.102. The van der Waals surface area contributed by atoms with E-state index in [-0.39, 0.29) is 11.7 Å². The fraction of sp³-hybridized carbons (Fsp3) is 0.118. The molecule has 0 aromatic heterocycles. The van der Waals surface area contributed by atoms with Gasteiger partial charge in [0, 0.05) is 17.1 Å². The molecular weight excluding hydrogens is 220 g/mol. The fourth-order valence-corrected chi connectivity index (χ4v) is 1.91. The normalized spacial score (nSPS) is 11.8. The maximum atomic E-state index is 12.3. The molecule has 0 aliphatic carbocycles. The monoisotopic (exact) mass is 236 g/mol. The van der Waals surface area contributed by atoms with E-state index in [0.717, 1.165) is 5.56 Å². The van der Waals surface area contributed by atoms with E-state index in [1.54, 1.807) is 0 Å². The first-order valence-corrected chi connectivity index (χ1v) is 6.03. The zero-order valence-electron chi connectivity index (χ0n) is 10.5. The van der Waals surface area contributed by atoms with Gasteiger partial charge < -0.3 is 0 Å². The third-order valence-electron chi connectivity index (χ3n) is 3.15. The lowest BCUT2D eigenvalue weighted by atomic mass is 9.89. The summed E-state index contributed by atoms with van der Waals surface area (Å²) in [5.41, 5.74) is 2.45. The average molecular weight is 236 g/mol. The van der Waals surface area contributed by atoms with Crippen LogP contribution in [-0.2, 0) is 0 Å². The molecule has 2 aromatic carbocycles. The predicted octanol–water partition coefficient (Wildman–Crippen LogP) is 4.23. The van der Waals surface area contributed by atoms with Crippen LogP contribution in [0.4, 0.5) is 0 Å². The van der Waals surface area contributed by atoms with Crippen molar-refractivity contribution in [3.63, 3.8) is 0 Å². The molecule has 0 aliphatic rings. The maximum absolute atomic E-state index is 12.3. The van der Waals surface area contributed by atoms with Gasteiger partial charge in [0.15, 0.2) is 5.78 Å². The predicted molar refractivity (Wildman–Crippen MR) is 74.8 cm³/mol. The van der Waals surface area contributed by atoms with Gasteiger partial charge in [-0.15, -0.1) is 0 Å². The molecule has 18 heavy (non-hydrogen) atoms. The molecular formula is C17H16O. The van der Waals surface area contributed by atoms with Crippen LogP contribution >= 0.6 is 0 Å². The van der Waals surface area contributed by atoms with Gasteiger partial charge in [-0.1, -0.05) is 74.2 Å². The van der Waals surface area contributed by atoms with Crippen molar-refractivity contribution in [1.82, 2.24) is 0 Å². The standard InChI is InChI=1S/C17H16O/c1-13(15-9-5-3-6-10-15)14(2)17(18)16-11-7-4-8-12-16/h3-13H,2H2,1H3/t13-/m0/s1. The van der Waals surface area contributed by atoms with Crippen molar-refractivity contribution < 1.29 is 4.79 Å². The molecule has 0 radical (unpaired) electrons. The number of rotatable bonds is 4. The summed E-state index contributed by atoms with van der Waals surface area (Å²) in [6.07, 6.45) is 0. The Balaban J connectivity index is 2.20. The van der Waals surface area contributed by atoms with Gasteiger partial charge in [-0.2, -0.15) is 0 Å². The molecule has 1 heteroatoms. The summed E-state index contributed by atoms with van der Waals surface area (Å²) in [5, 5.41) is 0. The summed E-state index contributed by atoms with van der Waals surface area (Å²) in [6.45, 7) is 5.97. The first-order valence-electron chi connectivity index (χ1n) is 6.03. The second-order valence-corrected chi connectivity index (χ2v) is 4.35. The molecule has 2 aromatic rings. The number of allylic oxidation sites excluding steroid dienone is 1. The van der Waals surface area contributed by atoms with Gasteiger partial charge in [0.1, 0.15) is 0 Å². The van der Waals surface area contributed by atoms with Crippen LogP contribution in [0.25, 0.3) is 0 Å².